The van der Waals surface area contributed by atoms with Crippen LogP contribution in [0.4, 0.5) is 5.82 Å². The van der Waals surface area contributed by atoms with Crippen LogP contribution in [0.1, 0.15) is 44.7 Å². The first-order chi connectivity index (χ1) is 18.6. The summed E-state index contributed by atoms with van der Waals surface area (Å²) in [5.41, 5.74) is 3.81. The molecule has 0 amide bonds. The van der Waals surface area contributed by atoms with Crippen molar-refractivity contribution in [2.45, 2.75) is 50.8 Å². The van der Waals surface area contributed by atoms with Gasteiger partial charge in [-0.15, -0.1) is 0 Å². The molecule has 4 rings (SSSR count). The Morgan fingerprint density at radius 3 is 2.15 bits per heavy atom. The summed E-state index contributed by atoms with van der Waals surface area (Å²) in [6.07, 6.45) is 1.69. The van der Waals surface area contributed by atoms with Gasteiger partial charge in [0.1, 0.15) is 6.29 Å². The highest BCUT2D eigenvalue weighted by Gasteiger charge is 2.24. The molecular weight excluding hydrogens is 510 g/mol. The number of ether oxygens (including phenoxy) is 1. The molecule has 0 saturated heterocycles. The topological polar surface area (TPSA) is 98.2 Å². The minimum Gasteiger partial charge on any atom is -0.477 e. The number of rotatable bonds is 10. The van der Waals surface area contributed by atoms with E-state index in [-0.39, 0.29) is 28.6 Å². The Balaban J connectivity index is 1.86. The van der Waals surface area contributed by atoms with Crippen LogP contribution in [0.25, 0.3) is 22.5 Å². The van der Waals surface area contributed by atoms with Crippen molar-refractivity contribution in [1.29, 1.82) is 0 Å². The molecule has 1 heterocycles. The number of benzene rings is 3. The third-order valence-corrected chi connectivity index (χ3v) is 7.57. The number of aldehydes is 1. The Kier molecular flexibility index (Phi) is 8.45. The number of nitrogens with zero attached hydrogens (tertiary/aromatic N) is 2. The maximum atomic E-state index is 13.6. The highest BCUT2D eigenvalue weighted by Crippen LogP contribution is 2.38. The van der Waals surface area contributed by atoms with Crippen molar-refractivity contribution in [2.24, 2.45) is 0 Å². The van der Waals surface area contributed by atoms with Crippen LogP contribution in [0.3, 0.4) is 0 Å². The fourth-order valence-corrected chi connectivity index (χ4v) is 4.99. The second kappa shape index (κ2) is 11.8. The normalized spacial score (nSPS) is 11.7. The van der Waals surface area contributed by atoms with Gasteiger partial charge in [0.05, 0.1) is 17.1 Å². The zero-order valence-electron chi connectivity index (χ0n) is 22.6. The average Bonchev–Trinajstić information content (AvgIpc) is 2.91. The van der Waals surface area contributed by atoms with E-state index < -0.39 is 10.0 Å². The van der Waals surface area contributed by atoms with Crippen LogP contribution in [-0.2, 0) is 20.2 Å². The first kappa shape index (κ1) is 28.0. The van der Waals surface area contributed by atoms with Crippen LogP contribution >= 0.6 is 0 Å². The summed E-state index contributed by atoms with van der Waals surface area (Å²) in [6, 6.07) is 23.8. The van der Waals surface area contributed by atoms with Crippen LogP contribution in [0.2, 0.25) is 0 Å². The molecule has 0 saturated carbocycles. The van der Waals surface area contributed by atoms with E-state index in [4.69, 9.17) is 4.74 Å². The Morgan fingerprint density at radius 2 is 1.54 bits per heavy atom. The van der Waals surface area contributed by atoms with Gasteiger partial charge >= 0.3 is 0 Å². The molecule has 7 nitrogen and oxygen atoms in total. The minimum absolute atomic E-state index is 0.109. The number of carbonyl (C=O) groups excluding carboxylic acids is 1. The van der Waals surface area contributed by atoms with Crippen molar-refractivity contribution in [2.75, 3.05) is 11.3 Å². The zero-order valence-corrected chi connectivity index (χ0v) is 23.5. The summed E-state index contributed by atoms with van der Waals surface area (Å²) in [6.45, 7) is 8.44. The van der Waals surface area contributed by atoms with E-state index >= 15 is 0 Å². The van der Waals surface area contributed by atoms with Crippen LogP contribution in [0.5, 0.6) is 5.88 Å². The van der Waals surface area contributed by atoms with Crippen molar-refractivity contribution in [3.05, 3.63) is 90.0 Å². The standard InChI is InChI=1S/C31H33N3O4S/c1-22-12-14-23(15-13-22)27-29(34-39(36,37)26-18-16-25(17-19-26)31(2,3)4)32-28(24-10-6-5-7-11-24)33-30(27)38-21-9-8-20-35/h5-7,10-20H,8-9,21H2,1-4H3,(H,32,33,34). The first-order valence-electron chi connectivity index (χ1n) is 12.8. The molecule has 0 spiro atoms. The van der Waals surface area contributed by atoms with Crippen molar-refractivity contribution in [3.63, 3.8) is 0 Å². The minimum atomic E-state index is -4.00. The number of hydrogen-bond donors (Lipinski definition) is 1. The molecule has 4 aromatic rings. The van der Waals surface area contributed by atoms with E-state index in [0.717, 1.165) is 17.4 Å². The van der Waals surface area contributed by atoms with Crippen LogP contribution in [0, 0.1) is 6.92 Å². The number of carbonyl (C=O) groups is 1. The van der Waals surface area contributed by atoms with Gasteiger partial charge < -0.3 is 9.53 Å². The SMILES string of the molecule is Cc1ccc(-c2c(NS(=O)(=O)c3ccc(C(C)(C)C)cc3)nc(-c3ccccc3)nc2OCCCC=O)cc1. The highest BCUT2D eigenvalue weighted by atomic mass is 32.2. The van der Waals surface area contributed by atoms with Gasteiger partial charge in [-0.2, -0.15) is 4.98 Å². The Bertz CT molecular complexity index is 1530. The quantitative estimate of drug-likeness (QED) is 0.179. The molecule has 8 heteroatoms. The molecule has 0 aliphatic heterocycles. The Morgan fingerprint density at radius 1 is 0.872 bits per heavy atom. The maximum absolute atomic E-state index is 13.6. The van der Waals surface area contributed by atoms with Gasteiger partial charge in [-0.3, -0.25) is 4.72 Å². The lowest BCUT2D eigenvalue weighted by Crippen LogP contribution is -2.17. The molecule has 0 aliphatic carbocycles. The van der Waals surface area contributed by atoms with Crippen molar-refractivity contribution >= 4 is 22.1 Å². The molecule has 0 fully saturated rings. The van der Waals surface area contributed by atoms with Crippen molar-refractivity contribution in [3.8, 4) is 28.4 Å². The van der Waals surface area contributed by atoms with Gasteiger partial charge in [-0.05, 0) is 42.0 Å². The molecule has 0 unspecified atom stereocenters. The van der Waals surface area contributed by atoms with Gasteiger partial charge in [-0.25, -0.2) is 13.4 Å². The third kappa shape index (κ3) is 6.89. The zero-order chi connectivity index (χ0) is 28.0. The first-order valence-corrected chi connectivity index (χ1v) is 14.3. The molecule has 3 aromatic carbocycles. The fraction of sp³-hybridized carbons (Fsp3) is 0.258. The second-order valence-electron chi connectivity index (χ2n) is 10.3. The van der Waals surface area contributed by atoms with E-state index in [1.54, 1.807) is 12.1 Å². The van der Waals surface area contributed by atoms with Crippen LogP contribution < -0.4 is 9.46 Å². The average molecular weight is 544 g/mol. The Hall–Kier alpha value is -4.04. The van der Waals surface area contributed by atoms with Gasteiger partial charge in [0.25, 0.3) is 10.0 Å². The molecule has 0 atom stereocenters. The lowest BCUT2D eigenvalue weighted by atomic mass is 9.87. The number of aromatic nitrogens is 2. The van der Waals surface area contributed by atoms with Gasteiger partial charge in [0.15, 0.2) is 11.6 Å². The number of nitrogens with one attached hydrogen (secondary N) is 1. The number of anilines is 1. The molecular formula is C31H33N3O4S. The van der Waals surface area contributed by atoms with E-state index in [0.29, 0.717) is 35.4 Å². The van der Waals surface area contributed by atoms with E-state index in [1.165, 1.54) is 0 Å². The van der Waals surface area contributed by atoms with Crippen molar-refractivity contribution in [1.82, 2.24) is 9.97 Å². The molecule has 39 heavy (non-hydrogen) atoms. The van der Waals surface area contributed by atoms with E-state index in [1.807, 2.05) is 73.7 Å². The molecule has 202 valence electrons. The second-order valence-corrected chi connectivity index (χ2v) is 12.0. The lowest BCUT2D eigenvalue weighted by molar-refractivity contribution is -0.108. The summed E-state index contributed by atoms with van der Waals surface area (Å²) in [5.74, 6) is 0.662. The molecule has 1 aromatic heterocycles. The molecule has 0 radical (unpaired) electrons. The van der Waals surface area contributed by atoms with E-state index in [9.17, 15) is 13.2 Å². The van der Waals surface area contributed by atoms with Crippen molar-refractivity contribution < 1.29 is 17.9 Å². The number of hydrogen-bond acceptors (Lipinski definition) is 6. The van der Waals surface area contributed by atoms with Gasteiger partial charge in [0.2, 0.25) is 5.88 Å². The molecule has 1 N–H and O–H groups in total. The fourth-order valence-electron chi connectivity index (χ4n) is 3.97. The predicted molar refractivity (Wildman–Crippen MR) is 154 cm³/mol. The van der Waals surface area contributed by atoms with Gasteiger partial charge in [0, 0.05) is 12.0 Å². The van der Waals surface area contributed by atoms with E-state index in [2.05, 4.69) is 35.5 Å². The van der Waals surface area contributed by atoms with Crippen LogP contribution in [0.15, 0.2) is 83.8 Å². The predicted octanol–water partition coefficient (Wildman–Crippen LogP) is 6.58. The summed E-state index contributed by atoms with van der Waals surface area (Å²) in [5, 5.41) is 0. The summed E-state index contributed by atoms with van der Waals surface area (Å²) in [7, 11) is -4.00. The monoisotopic (exact) mass is 543 g/mol. The maximum Gasteiger partial charge on any atom is 0.263 e. The number of unbranched alkanes of at least 4 members (excludes halogenated alkanes) is 1. The lowest BCUT2D eigenvalue weighted by Gasteiger charge is -2.20. The summed E-state index contributed by atoms with van der Waals surface area (Å²) >= 11 is 0. The number of aryl methyl sites for hydroxylation is 1. The highest BCUT2D eigenvalue weighted by molar-refractivity contribution is 7.92. The van der Waals surface area contributed by atoms with Crippen LogP contribution in [-0.4, -0.2) is 31.3 Å². The summed E-state index contributed by atoms with van der Waals surface area (Å²) in [4.78, 5) is 20.3. The molecule has 0 bridgehead atoms. The third-order valence-electron chi connectivity index (χ3n) is 6.21. The Labute approximate surface area is 230 Å². The smallest absolute Gasteiger partial charge is 0.263 e. The van der Waals surface area contributed by atoms with Gasteiger partial charge in [-0.1, -0.05) is 93.1 Å². The number of sulfonamides is 1. The summed E-state index contributed by atoms with van der Waals surface area (Å²) < 4.78 is 36.0. The molecule has 0 aliphatic rings. The largest absolute Gasteiger partial charge is 0.477 e.